The van der Waals surface area contributed by atoms with E-state index in [2.05, 4.69) is 351 Å². The van der Waals surface area contributed by atoms with Crippen molar-refractivity contribution in [2.24, 2.45) is 0 Å². The third-order valence-corrected chi connectivity index (χ3v) is 24.0. The Morgan fingerprint density at radius 1 is 0.255 bits per heavy atom. The lowest BCUT2D eigenvalue weighted by atomic mass is 9.84. The zero-order chi connectivity index (χ0) is 72.2. The fraction of sp³-hybridized carbons (Fsp3) is 0.0291. The first kappa shape index (κ1) is 60.8. The zero-order valence-electron chi connectivity index (χ0n) is 59.9. The van der Waals surface area contributed by atoms with E-state index < -0.39 is 5.41 Å². The van der Waals surface area contributed by atoms with Crippen molar-refractivity contribution in [2.75, 3.05) is 0 Å². The van der Waals surface area contributed by atoms with E-state index in [1.54, 1.807) is 0 Å². The fourth-order valence-electron chi connectivity index (χ4n) is 18.9. The zero-order valence-corrected chi connectivity index (χ0v) is 59.9. The molecule has 24 rings (SSSR count). The summed E-state index contributed by atoms with van der Waals surface area (Å²) in [6.45, 7) is 4.70. The molecule has 0 amide bonds. The highest BCUT2D eigenvalue weighted by atomic mass is 16.3. The SMILES string of the molecule is CC1(C)c2ccc(-c3ccc4c(c3)c3ccccc3c3ccc5c(c6cc7ccccc7cc6n5-c5nc(-c6ccc(-c7ccccc7)cc6)c6c(n5)oc5ccccc56)c34)cc2-c2c(-c3ccc(-c4ccccc4)cc3)nc(-n3c4cc5ccccc5cc4c4c5c6ccccc6c6ccccc6c5ccc43)nc21. The van der Waals surface area contributed by atoms with Crippen LogP contribution in [-0.2, 0) is 5.41 Å². The van der Waals surface area contributed by atoms with E-state index in [9.17, 15) is 0 Å². The van der Waals surface area contributed by atoms with Gasteiger partial charge in [-0.05, 0) is 175 Å². The molecule has 23 aromatic rings. The molecule has 0 saturated carbocycles. The van der Waals surface area contributed by atoms with E-state index in [0.717, 1.165) is 143 Å². The summed E-state index contributed by atoms with van der Waals surface area (Å²) in [7, 11) is 0. The molecule has 7 heteroatoms. The number of para-hydroxylation sites is 1. The summed E-state index contributed by atoms with van der Waals surface area (Å²) >= 11 is 0. The quantitative estimate of drug-likeness (QED) is 0.149. The molecular weight excluding hydrogens is 1340 g/mol. The number of furan rings is 1. The molecule has 110 heavy (non-hydrogen) atoms. The summed E-state index contributed by atoms with van der Waals surface area (Å²) < 4.78 is 11.4. The van der Waals surface area contributed by atoms with E-state index >= 15 is 0 Å². The first-order valence-electron chi connectivity index (χ1n) is 37.8. The number of benzene rings is 18. The van der Waals surface area contributed by atoms with Crippen LogP contribution in [0.15, 0.2) is 344 Å². The van der Waals surface area contributed by atoms with Crippen molar-refractivity contribution in [3.05, 3.63) is 351 Å². The smallest absolute Gasteiger partial charge is 0.238 e. The van der Waals surface area contributed by atoms with Gasteiger partial charge < -0.3 is 4.42 Å². The number of nitrogens with zero attached hydrogens (tertiary/aromatic N) is 6. The number of hydrogen-bond donors (Lipinski definition) is 0. The van der Waals surface area contributed by atoms with Crippen LogP contribution in [0, 0.1) is 0 Å². The molecule has 0 fully saturated rings. The topological polar surface area (TPSA) is 74.6 Å². The number of hydrogen-bond acceptors (Lipinski definition) is 5. The highest BCUT2D eigenvalue weighted by Crippen LogP contribution is 2.54. The average molecular weight is 1400 g/mol. The van der Waals surface area contributed by atoms with Crippen molar-refractivity contribution in [3.63, 3.8) is 0 Å². The molecule has 5 aromatic heterocycles. The van der Waals surface area contributed by atoms with E-state index in [-0.39, 0.29) is 0 Å². The Hall–Kier alpha value is -14.4. The van der Waals surface area contributed by atoms with E-state index in [1.165, 1.54) is 81.0 Å². The van der Waals surface area contributed by atoms with Crippen molar-refractivity contribution >= 4 is 152 Å². The molecule has 0 radical (unpaired) electrons. The maximum atomic E-state index is 6.77. The number of aromatic nitrogens is 6. The van der Waals surface area contributed by atoms with E-state index in [4.69, 9.17) is 24.4 Å². The van der Waals surface area contributed by atoms with Crippen LogP contribution in [0.1, 0.15) is 25.1 Å². The summed E-state index contributed by atoms with van der Waals surface area (Å²) in [6, 6.07) is 124. The van der Waals surface area contributed by atoms with Crippen LogP contribution in [0.2, 0.25) is 0 Å². The Labute approximate surface area is 630 Å². The summed E-state index contributed by atoms with van der Waals surface area (Å²) in [5.74, 6) is 1.17. The molecule has 0 atom stereocenters. The van der Waals surface area contributed by atoms with Gasteiger partial charge in [-0.15, -0.1) is 0 Å². The predicted molar refractivity (Wildman–Crippen MR) is 458 cm³/mol. The van der Waals surface area contributed by atoms with Crippen molar-refractivity contribution < 1.29 is 4.42 Å². The Balaban J connectivity index is 0.720. The van der Waals surface area contributed by atoms with Crippen LogP contribution in [-0.4, -0.2) is 29.1 Å². The van der Waals surface area contributed by atoms with Crippen LogP contribution in [0.3, 0.4) is 0 Å². The van der Waals surface area contributed by atoms with Crippen LogP contribution >= 0.6 is 0 Å². The fourth-order valence-corrected chi connectivity index (χ4v) is 18.9. The second-order valence-electron chi connectivity index (χ2n) is 30.3. The van der Waals surface area contributed by atoms with Gasteiger partial charge in [0.25, 0.3) is 0 Å². The van der Waals surface area contributed by atoms with Gasteiger partial charge in [0.05, 0.1) is 44.5 Å². The summed E-state index contributed by atoms with van der Waals surface area (Å²) in [4.78, 5) is 23.1. The third kappa shape index (κ3) is 8.71. The van der Waals surface area contributed by atoms with Gasteiger partial charge in [0, 0.05) is 59.8 Å². The summed E-state index contributed by atoms with van der Waals surface area (Å²) in [6.07, 6.45) is 0. The largest absolute Gasteiger partial charge is 0.437 e. The van der Waals surface area contributed by atoms with Gasteiger partial charge >= 0.3 is 0 Å². The van der Waals surface area contributed by atoms with Gasteiger partial charge in [0.1, 0.15) is 5.58 Å². The Morgan fingerprint density at radius 2 is 0.645 bits per heavy atom. The second-order valence-corrected chi connectivity index (χ2v) is 30.3. The lowest BCUT2D eigenvalue weighted by Gasteiger charge is -2.21. The number of rotatable bonds is 7. The third-order valence-electron chi connectivity index (χ3n) is 24.0. The highest BCUT2D eigenvalue weighted by Gasteiger charge is 2.41. The normalized spacial score (nSPS) is 12.9. The lowest BCUT2D eigenvalue weighted by molar-refractivity contribution is 0.632. The maximum absolute atomic E-state index is 6.77. The lowest BCUT2D eigenvalue weighted by Crippen LogP contribution is -2.18. The second kappa shape index (κ2) is 22.8. The molecule has 0 saturated heterocycles. The Kier molecular flexibility index (Phi) is 12.6. The van der Waals surface area contributed by atoms with Gasteiger partial charge in [-0.25, -0.2) is 15.0 Å². The van der Waals surface area contributed by atoms with Crippen molar-refractivity contribution in [1.82, 2.24) is 29.1 Å². The molecule has 510 valence electrons. The molecule has 5 heterocycles. The Morgan fingerprint density at radius 3 is 1.21 bits per heavy atom. The molecule has 0 unspecified atom stereocenters. The average Bonchev–Trinajstić information content (AvgIpc) is 1.51. The molecule has 7 nitrogen and oxygen atoms in total. The van der Waals surface area contributed by atoms with Crippen molar-refractivity contribution in [1.29, 1.82) is 0 Å². The first-order chi connectivity index (χ1) is 54.3. The summed E-state index contributed by atoms with van der Waals surface area (Å²) in [5.41, 5.74) is 19.8. The van der Waals surface area contributed by atoms with Gasteiger partial charge in [-0.1, -0.05) is 299 Å². The minimum absolute atomic E-state index is 0.528. The van der Waals surface area contributed by atoms with Gasteiger partial charge in [0.15, 0.2) is 0 Å². The predicted octanol–water partition coefficient (Wildman–Crippen LogP) is 27.2. The Bertz CT molecular complexity index is 7930. The van der Waals surface area contributed by atoms with Crippen LogP contribution in [0.25, 0.3) is 231 Å². The molecule has 0 aliphatic heterocycles. The molecule has 0 spiro atoms. The molecule has 18 aromatic carbocycles. The van der Waals surface area contributed by atoms with Gasteiger partial charge in [-0.3, -0.25) is 9.13 Å². The molecule has 1 aliphatic rings. The molecular formula is C103H62N6O. The van der Waals surface area contributed by atoms with E-state index in [0.29, 0.717) is 17.6 Å². The van der Waals surface area contributed by atoms with Gasteiger partial charge in [0.2, 0.25) is 17.6 Å². The van der Waals surface area contributed by atoms with Crippen molar-refractivity contribution in [2.45, 2.75) is 19.3 Å². The standard InChI is InChI=1S/C103H62N6O/c1-103(2)85-50-46-70(54-82(85)95-97(63-41-37-61(38-42-63)59-21-5-3-6-22-59)104-101(106-99(95)103)108-86-51-48-77-73-31-14-13-29-71(73)72-30-17-18-34-76(72)91(77)93(86)83-55-65-25-9-11-27-67(65)57-88(83)108)69-45-47-79-81(53-69)75-33-16-15-32-74(75)78-49-52-87-94(92(78)79)84-56-66-26-10-12-28-68(66)58-89(84)109(87)102-105-98(96-80-35-19-20-36-90(80)110-100(96)107-102)64-43-39-62(40-44-64)60-23-7-4-8-24-60/h3-58H,1-2H3. The molecule has 0 bridgehead atoms. The summed E-state index contributed by atoms with van der Waals surface area (Å²) in [5, 5.41) is 25.6. The molecule has 1 aliphatic carbocycles. The number of fused-ring (bicyclic) bond motifs is 28. The minimum atomic E-state index is -0.528. The minimum Gasteiger partial charge on any atom is -0.437 e. The van der Waals surface area contributed by atoms with Crippen LogP contribution in [0.5, 0.6) is 0 Å². The highest BCUT2D eigenvalue weighted by molar-refractivity contribution is 6.38. The van der Waals surface area contributed by atoms with Crippen LogP contribution in [0.4, 0.5) is 0 Å². The monoisotopic (exact) mass is 1400 g/mol. The van der Waals surface area contributed by atoms with E-state index in [1.807, 2.05) is 12.1 Å². The maximum Gasteiger partial charge on any atom is 0.238 e. The van der Waals surface area contributed by atoms with Crippen LogP contribution < -0.4 is 0 Å². The van der Waals surface area contributed by atoms with Gasteiger partial charge in [-0.2, -0.15) is 4.98 Å². The molecule has 0 N–H and O–H groups in total. The van der Waals surface area contributed by atoms with Crippen molar-refractivity contribution in [3.8, 4) is 78.9 Å². The first-order valence-corrected chi connectivity index (χ1v) is 37.8.